The SMILES string of the molecule is CCc1cccc2c1[C@H](c1c(COC(=O)c3ccccc3)ccc3ccccc13)c1ccccc1-2. The molecule has 1 atom stereocenters. The van der Waals surface area contributed by atoms with E-state index >= 15 is 0 Å². The van der Waals surface area contributed by atoms with Crippen molar-refractivity contribution in [1.29, 1.82) is 0 Å². The van der Waals surface area contributed by atoms with E-state index in [1.165, 1.54) is 44.2 Å². The van der Waals surface area contributed by atoms with Crippen molar-refractivity contribution in [1.82, 2.24) is 0 Å². The van der Waals surface area contributed by atoms with E-state index in [1.54, 1.807) is 12.1 Å². The Hall–Kier alpha value is -4.17. The first-order valence-electron chi connectivity index (χ1n) is 12.2. The van der Waals surface area contributed by atoms with Gasteiger partial charge in [-0.3, -0.25) is 0 Å². The van der Waals surface area contributed by atoms with E-state index < -0.39 is 0 Å². The summed E-state index contributed by atoms with van der Waals surface area (Å²) >= 11 is 0. The van der Waals surface area contributed by atoms with Crippen LogP contribution in [0.4, 0.5) is 0 Å². The van der Waals surface area contributed by atoms with E-state index in [2.05, 4.69) is 85.8 Å². The zero-order valence-corrected chi connectivity index (χ0v) is 19.7. The maximum Gasteiger partial charge on any atom is 0.338 e. The number of carbonyl (C=O) groups excluding carboxylic acids is 1. The number of hydrogen-bond donors (Lipinski definition) is 0. The molecule has 35 heavy (non-hydrogen) atoms. The van der Waals surface area contributed by atoms with Crippen LogP contribution in [-0.2, 0) is 17.8 Å². The number of carbonyl (C=O) groups is 1. The molecule has 0 radical (unpaired) electrons. The predicted octanol–water partition coefficient (Wildman–Crippen LogP) is 7.92. The normalized spacial score (nSPS) is 13.9. The maximum absolute atomic E-state index is 12.8. The van der Waals surface area contributed by atoms with E-state index in [4.69, 9.17) is 4.74 Å². The quantitative estimate of drug-likeness (QED) is 0.247. The zero-order chi connectivity index (χ0) is 23.8. The van der Waals surface area contributed by atoms with Crippen LogP contribution in [0.5, 0.6) is 0 Å². The molecule has 6 rings (SSSR count). The van der Waals surface area contributed by atoms with Crippen LogP contribution in [0.1, 0.15) is 51.0 Å². The van der Waals surface area contributed by atoms with Crippen molar-refractivity contribution in [3.05, 3.63) is 143 Å². The molecule has 0 spiro atoms. The molecule has 0 saturated carbocycles. The molecule has 0 N–H and O–H groups in total. The molecule has 0 heterocycles. The summed E-state index contributed by atoms with van der Waals surface area (Å²) in [6, 6.07) is 37.4. The number of benzene rings is 5. The number of rotatable bonds is 5. The van der Waals surface area contributed by atoms with Crippen LogP contribution in [0.25, 0.3) is 21.9 Å². The Labute approximate surface area is 205 Å². The van der Waals surface area contributed by atoms with Gasteiger partial charge in [-0.25, -0.2) is 4.79 Å². The summed E-state index contributed by atoms with van der Waals surface area (Å²) < 4.78 is 5.86. The first-order chi connectivity index (χ1) is 17.3. The van der Waals surface area contributed by atoms with Crippen LogP contribution in [0.3, 0.4) is 0 Å². The first kappa shape index (κ1) is 21.4. The van der Waals surface area contributed by atoms with E-state index in [9.17, 15) is 4.79 Å². The van der Waals surface area contributed by atoms with Gasteiger partial charge in [-0.2, -0.15) is 0 Å². The number of esters is 1. The summed E-state index contributed by atoms with van der Waals surface area (Å²) in [6.07, 6.45) is 0.969. The Kier molecular flexibility index (Phi) is 5.42. The van der Waals surface area contributed by atoms with Gasteiger partial charge in [-0.05, 0) is 68.3 Å². The fourth-order valence-electron chi connectivity index (χ4n) is 5.55. The molecule has 2 nitrogen and oxygen atoms in total. The van der Waals surface area contributed by atoms with E-state index in [-0.39, 0.29) is 18.5 Å². The Balaban J connectivity index is 1.54. The van der Waals surface area contributed by atoms with Crippen molar-refractivity contribution in [3.8, 4) is 11.1 Å². The lowest BCUT2D eigenvalue weighted by atomic mass is 9.81. The maximum atomic E-state index is 12.8. The number of hydrogen-bond acceptors (Lipinski definition) is 2. The second kappa shape index (κ2) is 8.88. The largest absolute Gasteiger partial charge is 0.457 e. The molecular weight excluding hydrogens is 428 g/mol. The summed E-state index contributed by atoms with van der Waals surface area (Å²) in [5.41, 5.74) is 9.51. The molecule has 0 bridgehead atoms. The smallest absolute Gasteiger partial charge is 0.338 e. The zero-order valence-electron chi connectivity index (χ0n) is 19.7. The van der Waals surface area contributed by atoms with Gasteiger partial charge in [0.05, 0.1) is 5.56 Å². The summed E-state index contributed by atoms with van der Waals surface area (Å²) in [4.78, 5) is 12.8. The third-order valence-electron chi connectivity index (χ3n) is 7.15. The Morgan fingerprint density at radius 2 is 1.43 bits per heavy atom. The van der Waals surface area contributed by atoms with Gasteiger partial charge in [0.15, 0.2) is 0 Å². The van der Waals surface area contributed by atoms with Gasteiger partial charge in [0.2, 0.25) is 0 Å². The molecule has 170 valence electrons. The molecule has 0 aromatic heterocycles. The summed E-state index contributed by atoms with van der Waals surface area (Å²) in [5, 5.41) is 2.40. The molecule has 0 fully saturated rings. The van der Waals surface area contributed by atoms with Crippen molar-refractivity contribution in [3.63, 3.8) is 0 Å². The topological polar surface area (TPSA) is 26.3 Å². The van der Waals surface area contributed by atoms with Crippen molar-refractivity contribution >= 4 is 16.7 Å². The molecule has 5 aromatic rings. The van der Waals surface area contributed by atoms with Crippen LogP contribution < -0.4 is 0 Å². The van der Waals surface area contributed by atoms with E-state index in [0.717, 1.165) is 12.0 Å². The highest BCUT2D eigenvalue weighted by molar-refractivity contribution is 5.92. The minimum atomic E-state index is -0.300. The van der Waals surface area contributed by atoms with E-state index in [1.807, 2.05) is 18.2 Å². The van der Waals surface area contributed by atoms with Crippen LogP contribution >= 0.6 is 0 Å². The molecule has 5 aromatic carbocycles. The van der Waals surface area contributed by atoms with Gasteiger partial charge in [0, 0.05) is 5.92 Å². The third kappa shape index (κ3) is 3.63. The highest BCUT2D eigenvalue weighted by Crippen LogP contribution is 2.51. The minimum absolute atomic E-state index is 0.0916. The lowest BCUT2D eigenvalue weighted by Gasteiger charge is -2.23. The Bertz CT molecular complexity index is 1550. The van der Waals surface area contributed by atoms with Crippen LogP contribution in [0, 0.1) is 0 Å². The van der Waals surface area contributed by atoms with Crippen molar-refractivity contribution in [2.24, 2.45) is 0 Å². The molecule has 2 heteroatoms. The number of fused-ring (bicyclic) bond motifs is 4. The van der Waals surface area contributed by atoms with Gasteiger partial charge in [-0.1, -0.05) is 104 Å². The lowest BCUT2D eigenvalue weighted by Crippen LogP contribution is -2.10. The minimum Gasteiger partial charge on any atom is -0.457 e. The van der Waals surface area contributed by atoms with Gasteiger partial charge in [0.1, 0.15) is 6.61 Å². The van der Waals surface area contributed by atoms with Gasteiger partial charge in [0.25, 0.3) is 0 Å². The molecule has 1 aliphatic carbocycles. The first-order valence-corrected chi connectivity index (χ1v) is 12.2. The van der Waals surface area contributed by atoms with Crippen LogP contribution in [0.2, 0.25) is 0 Å². The molecule has 0 unspecified atom stereocenters. The fraction of sp³-hybridized carbons (Fsp3) is 0.121. The second-order valence-corrected chi connectivity index (χ2v) is 9.05. The standard InChI is InChI=1S/C33H26O2/c1-2-22-14-10-18-28-27-16-8-9-17-29(27)32(30(22)28)31-25(20-19-23-11-6-7-15-26(23)31)21-35-33(34)24-12-4-3-5-13-24/h3-20,32H,2,21H2,1H3/t32-/m1/s1. The summed E-state index contributed by atoms with van der Waals surface area (Å²) in [5.74, 6) is -0.208. The average molecular weight is 455 g/mol. The number of ether oxygens (including phenoxy) is 1. The van der Waals surface area contributed by atoms with Gasteiger partial charge in [-0.15, -0.1) is 0 Å². The van der Waals surface area contributed by atoms with Crippen LogP contribution in [0.15, 0.2) is 109 Å². The summed E-state index contributed by atoms with van der Waals surface area (Å²) in [6.45, 7) is 2.46. The fourth-order valence-corrected chi connectivity index (χ4v) is 5.55. The second-order valence-electron chi connectivity index (χ2n) is 9.05. The highest BCUT2D eigenvalue weighted by atomic mass is 16.5. The van der Waals surface area contributed by atoms with Gasteiger partial charge >= 0.3 is 5.97 Å². The summed E-state index contributed by atoms with van der Waals surface area (Å²) in [7, 11) is 0. The number of aryl methyl sites for hydroxylation is 1. The molecule has 0 amide bonds. The van der Waals surface area contributed by atoms with Crippen LogP contribution in [-0.4, -0.2) is 5.97 Å². The Morgan fingerprint density at radius 1 is 0.686 bits per heavy atom. The Morgan fingerprint density at radius 3 is 2.29 bits per heavy atom. The lowest BCUT2D eigenvalue weighted by molar-refractivity contribution is 0.0472. The van der Waals surface area contributed by atoms with Crippen molar-refractivity contribution < 1.29 is 9.53 Å². The highest BCUT2D eigenvalue weighted by Gasteiger charge is 2.33. The van der Waals surface area contributed by atoms with Gasteiger partial charge < -0.3 is 4.74 Å². The van der Waals surface area contributed by atoms with Crippen molar-refractivity contribution in [2.45, 2.75) is 25.9 Å². The van der Waals surface area contributed by atoms with E-state index in [0.29, 0.717) is 5.56 Å². The molecular formula is C33H26O2. The average Bonchev–Trinajstić information content (AvgIpc) is 3.26. The molecule has 0 aliphatic heterocycles. The third-order valence-corrected chi connectivity index (χ3v) is 7.15. The molecule has 0 saturated heterocycles. The molecule has 1 aliphatic rings. The monoisotopic (exact) mass is 454 g/mol. The predicted molar refractivity (Wildman–Crippen MR) is 142 cm³/mol. The van der Waals surface area contributed by atoms with Crippen molar-refractivity contribution in [2.75, 3.05) is 0 Å².